The van der Waals surface area contributed by atoms with E-state index in [0.29, 0.717) is 22.5 Å². The van der Waals surface area contributed by atoms with Crippen LogP contribution in [0.5, 0.6) is 0 Å². The minimum atomic E-state index is 0.103. The zero-order valence-electron chi connectivity index (χ0n) is 9.33. The third kappa shape index (κ3) is 3.49. The number of ether oxygens (including phenoxy) is 1. The van der Waals surface area contributed by atoms with Crippen molar-refractivity contribution in [3.63, 3.8) is 0 Å². The van der Waals surface area contributed by atoms with Crippen LogP contribution < -0.4 is 0 Å². The summed E-state index contributed by atoms with van der Waals surface area (Å²) in [5, 5.41) is 1.43. The molecule has 0 amide bonds. The van der Waals surface area contributed by atoms with E-state index in [2.05, 4.69) is 4.90 Å². The van der Waals surface area contributed by atoms with Gasteiger partial charge in [-0.05, 0) is 12.1 Å². The minimum absolute atomic E-state index is 0.103. The molecule has 1 aromatic carbocycles. The normalized spacial score (nSPS) is 21.7. The largest absolute Gasteiger partial charge is 0.374 e. The molecule has 1 aliphatic heterocycles. The molecule has 1 fully saturated rings. The number of rotatable bonds is 3. The summed E-state index contributed by atoms with van der Waals surface area (Å²) in [5.74, 6) is 0.521. The quantitative estimate of drug-likeness (QED) is 0.792. The molecule has 0 radical (unpaired) electrons. The Bertz CT molecular complexity index is 366. The standard InChI is InChI=1S/C12H14Cl3NO/c13-6-9-7-16(4-5-17-9)8-10-11(14)2-1-3-12(10)15/h1-3,9H,4-8H2/t9-/m1/s1. The third-order valence-electron chi connectivity index (χ3n) is 2.84. The first-order chi connectivity index (χ1) is 8.20. The smallest absolute Gasteiger partial charge is 0.0837 e. The summed E-state index contributed by atoms with van der Waals surface area (Å²) in [6, 6.07) is 5.58. The molecule has 94 valence electrons. The summed E-state index contributed by atoms with van der Waals surface area (Å²) in [6.07, 6.45) is 0.103. The van der Waals surface area contributed by atoms with Crippen molar-refractivity contribution < 1.29 is 4.74 Å². The molecule has 17 heavy (non-hydrogen) atoms. The first-order valence-electron chi connectivity index (χ1n) is 5.53. The zero-order valence-corrected chi connectivity index (χ0v) is 11.6. The fourth-order valence-corrected chi connectivity index (χ4v) is 2.63. The predicted octanol–water partition coefficient (Wildman–Crippen LogP) is 3.43. The van der Waals surface area contributed by atoms with Crippen molar-refractivity contribution in [1.82, 2.24) is 4.90 Å². The van der Waals surface area contributed by atoms with Gasteiger partial charge in [-0.1, -0.05) is 29.3 Å². The van der Waals surface area contributed by atoms with E-state index in [1.807, 2.05) is 18.2 Å². The highest BCUT2D eigenvalue weighted by Gasteiger charge is 2.21. The molecule has 0 aromatic heterocycles. The minimum Gasteiger partial charge on any atom is -0.374 e. The van der Waals surface area contributed by atoms with Crippen LogP contribution in [0.3, 0.4) is 0 Å². The van der Waals surface area contributed by atoms with E-state index in [1.54, 1.807) is 0 Å². The summed E-state index contributed by atoms with van der Waals surface area (Å²) >= 11 is 18.1. The number of hydrogen-bond acceptors (Lipinski definition) is 2. The third-order valence-corrected chi connectivity index (χ3v) is 3.89. The van der Waals surface area contributed by atoms with Gasteiger partial charge in [-0.2, -0.15) is 0 Å². The maximum Gasteiger partial charge on any atom is 0.0837 e. The molecule has 1 heterocycles. The Balaban J connectivity index is 2.05. The highest BCUT2D eigenvalue weighted by Crippen LogP contribution is 2.26. The second-order valence-corrected chi connectivity index (χ2v) is 5.21. The molecular weight excluding hydrogens is 280 g/mol. The Morgan fingerprint density at radius 3 is 2.65 bits per heavy atom. The maximum atomic E-state index is 6.15. The molecule has 0 N–H and O–H groups in total. The maximum absolute atomic E-state index is 6.15. The number of alkyl halides is 1. The second kappa shape index (κ2) is 6.26. The molecule has 0 saturated carbocycles. The van der Waals surface area contributed by atoms with Crippen LogP contribution in [0.25, 0.3) is 0 Å². The van der Waals surface area contributed by atoms with Crippen molar-refractivity contribution >= 4 is 34.8 Å². The van der Waals surface area contributed by atoms with E-state index < -0.39 is 0 Å². The van der Waals surface area contributed by atoms with Crippen molar-refractivity contribution in [3.8, 4) is 0 Å². The Labute approximate surface area is 116 Å². The van der Waals surface area contributed by atoms with E-state index in [1.165, 1.54) is 0 Å². The zero-order chi connectivity index (χ0) is 12.3. The molecule has 5 heteroatoms. The fourth-order valence-electron chi connectivity index (χ4n) is 1.92. The molecule has 2 rings (SSSR count). The van der Waals surface area contributed by atoms with Crippen LogP contribution in [-0.4, -0.2) is 36.6 Å². The van der Waals surface area contributed by atoms with Crippen LogP contribution in [0.1, 0.15) is 5.56 Å². The topological polar surface area (TPSA) is 12.5 Å². The summed E-state index contributed by atoms with van der Waals surface area (Å²) in [4.78, 5) is 2.27. The van der Waals surface area contributed by atoms with Gasteiger partial charge in [0.15, 0.2) is 0 Å². The Morgan fingerprint density at radius 2 is 2.00 bits per heavy atom. The van der Waals surface area contributed by atoms with Crippen LogP contribution in [-0.2, 0) is 11.3 Å². The molecule has 0 bridgehead atoms. The van der Waals surface area contributed by atoms with Gasteiger partial charge in [-0.25, -0.2) is 0 Å². The first kappa shape index (κ1) is 13.4. The number of hydrogen-bond donors (Lipinski definition) is 0. The molecular formula is C12H14Cl3NO. The van der Waals surface area contributed by atoms with Gasteiger partial charge in [-0.15, -0.1) is 11.6 Å². The van der Waals surface area contributed by atoms with E-state index in [4.69, 9.17) is 39.5 Å². The van der Waals surface area contributed by atoms with E-state index in [0.717, 1.165) is 25.2 Å². The molecule has 1 aliphatic rings. The van der Waals surface area contributed by atoms with Gasteiger partial charge in [0.2, 0.25) is 0 Å². The van der Waals surface area contributed by atoms with Crippen LogP contribution >= 0.6 is 34.8 Å². The summed E-state index contributed by atoms with van der Waals surface area (Å²) in [6.45, 7) is 3.16. The lowest BCUT2D eigenvalue weighted by Crippen LogP contribution is -2.42. The van der Waals surface area contributed by atoms with Gasteiger partial charge in [0, 0.05) is 41.1 Å². The van der Waals surface area contributed by atoms with Crippen molar-refractivity contribution in [2.45, 2.75) is 12.6 Å². The lowest BCUT2D eigenvalue weighted by atomic mass is 10.2. The Kier molecular flexibility index (Phi) is 4.95. The molecule has 0 unspecified atom stereocenters. The molecule has 1 atom stereocenters. The van der Waals surface area contributed by atoms with E-state index in [-0.39, 0.29) is 6.10 Å². The van der Waals surface area contributed by atoms with Gasteiger partial charge in [0.25, 0.3) is 0 Å². The lowest BCUT2D eigenvalue weighted by molar-refractivity contribution is -0.0193. The number of benzene rings is 1. The molecule has 1 aromatic rings. The van der Waals surface area contributed by atoms with Gasteiger partial charge < -0.3 is 4.74 Å². The number of nitrogens with zero attached hydrogens (tertiary/aromatic N) is 1. The van der Waals surface area contributed by atoms with Gasteiger partial charge in [0.05, 0.1) is 12.7 Å². The van der Waals surface area contributed by atoms with Gasteiger partial charge >= 0.3 is 0 Å². The first-order valence-corrected chi connectivity index (χ1v) is 6.82. The monoisotopic (exact) mass is 293 g/mol. The molecule has 0 aliphatic carbocycles. The van der Waals surface area contributed by atoms with Crippen molar-refractivity contribution in [1.29, 1.82) is 0 Å². The number of morpholine rings is 1. The average molecular weight is 295 g/mol. The van der Waals surface area contributed by atoms with Crippen molar-refractivity contribution in [3.05, 3.63) is 33.8 Å². The van der Waals surface area contributed by atoms with Crippen molar-refractivity contribution in [2.24, 2.45) is 0 Å². The van der Waals surface area contributed by atoms with Crippen LogP contribution in [0.15, 0.2) is 18.2 Å². The van der Waals surface area contributed by atoms with E-state index in [9.17, 15) is 0 Å². The highest BCUT2D eigenvalue weighted by molar-refractivity contribution is 6.35. The number of halogens is 3. The lowest BCUT2D eigenvalue weighted by Gasteiger charge is -2.32. The summed E-state index contributed by atoms with van der Waals surface area (Å²) in [7, 11) is 0. The van der Waals surface area contributed by atoms with Crippen LogP contribution in [0.2, 0.25) is 10.0 Å². The van der Waals surface area contributed by atoms with Crippen LogP contribution in [0, 0.1) is 0 Å². The molecule has 0 spiro atoms. The Hall–Kier alpha value is 0.01000. The van der Waals surface area contributed by atoms with Gasteiger partial charge in [0.1, 0.15) is 0 Å². The van der Waals surface area contributed by atoms with Crippen molar-refractivity contribution in [2.75, 3.05) is 25.6 Å². The Morgan fingerprint density at radius 1 is 1.29 bits per heavy atom. The SMILES string of the molecule is ClC[C@@H]1CN(Cc2c(Cl)cccc2Cl)CCO1. The second-order valence-electron chi connectivity index (χ2n) is 4.08. The fraction of sp³-hybridized carbons (Fsp3) is 0.500. The highest BCUT2D eigenvalue weighted by atomic mass is 35.5. The molecule has 2 nitrogen and oxygen atoms in total. The summed E-state index contributed by atoms with van der Waals surface area (Å²) in [5.41, 5.74) is 0.978. The van der Waals surface area contributed by atoms with E-state index >= 15 is 0 Å². The summed E-state index contributed by atoms with van der Waals surface area (Å²) < 4.78 is 5.52. The van der Waals surface area contributed by atoms with Crippen LogP contribution in [0.4, 0.5) is 0 Å². The average Bonchev–Trinajstić information content (AvgIpc) is 2.34. The predicted molar refractivity (Wildman–Crippen MR) is 72.2 cm³/mol. The van der Waals surface area contributed by atoms with Gasteiger partial charge in [-0.3, -0.25) is 4.90 Å². The molecule has 1 saturated heterocycles.